The number of hydrogen-bond donors (Lipinski definition) is 1. The number of ether oxygens (including phenoxy) is 2. The smallest absolute Gasteiger partial charge is 0.118 e. The van der Waals surface area contributed by atoms with E-state index in [0.717, 1.165) is 18.0 Å². The fraction of sp³-hybridized carbons (Fsp3) is 0.368. The Morgan fingerprint density at radius 3 is 1.75 bits per heavy atom. The largest absolute Gasteiger partial charge is 0.497 e. The zero-order valence-corrected chi connectivity index (χ0v) is 15.7. The van der Waals surface area contributed by atoms with Crippen LogP contribution in [-0.2, 0) is 0 Å². The minimum atomic E-state index is 0.439. The lowest BCUT2D eigenvalue weighted by molar-refractivity contribution is 0.414. The Morgan fingerprint density at radius 1 is 0.875 bits per heavy atom. The molecule has 128 valence electrons. The van der Waals surface area contributed by atoms with Crippen LogP contribution in [0, 0.1) is 0 Å². The Hall–Kier alpha value is -1.30. The summed E-state index contributed by atoms with van der Waals surface area (Å²) in [5, 5.41) is 3.65. The summed E-state index contributed by atoms with van der Waals surface area (Å²) in [6.45, 7) is 1.12. The number of rotatable bonds is 7. The van der Waals surface area contributed by atoms with Gasteiger partial charge in [0.25, 0.3) is 0 Å². The number of hydrogen-bond acceptors (Lipinski definition) is 5. The van der Waals surface area contributed by atoms with Gasteiger partial charge in [-0.1, -0.05) is 0 Å². The first-order valence-electron chi connectivity index (χ1n) is 8.13. The summed E-state index contributed by atoms with van der Waals surface area (Å²) < 4.78 is 10.9. The highest BCUT2D eigenvalue weighted by molar-refractivity contribution is 8.17. The van der Waals surface area contributed by atoms with Crippen LogP contribution < -0.4 is 14.8 Å². The van der Waals surface area contributed by atoms with E-state index in [4.69, 9.17) is 9.47 Å². The molecule has 1 atom stereocenters. The molecule has 0 radical (unpaired) electrons. The Kier molecular flexibility index (Phi) is 6.35. The predicted octanol–water partition coefficient (Wildman–Crippen LogP) is 4.67. The zero-order chi connectivity index (χ0) is 16.8. The minimum Gasteiger partial charge on any atom is -0.497 e. The van der Waals surface area contributed by atoms with Gasteiger partial charge in [0.2, 0.25) is 0 Å². The highest BCUT2D eigenvalue weighted by Crippen LogP contribution is 2.40. The molecule has 2 aromatic carbocycles. The van der Waals surface area contributed by atoms with Crippen molar-refractivity contribution >= 4 is 23.5 Å². The number of benzene rings is 2. The predicted molar refractivity (Wildman–Crippen MR) is 103 cm³/mol. The molecule has 1 N–H and O–H groups in total. The Balaban J connectivity index is 1.72. The lowest BCUT2D eigenvalue weighted by atomic mass is 10.2. The molecular formula is C19H23NO2S2. The number of thioether (sulfide) groups is 2. The summed E-state index contributed by atoms with van der Waals surface area (Å²) in [5.41, 5.74) is 0. The quantitative estimate of drug-likeness (QED) is 0.572. The van der Waals surface area contributed by atoms with Crippen molar-refractivity contribution in [1.29, 1.82) is 0 Å². The second kappa shape index (κ2) is 8.70. The lowest BCUT2D eigenvalue weighted by Crippen LogP contribution is -2.30. The second-order valence-corrected chi connectivity index (χ2v) is 8.39. The topological polar surface area (TPSA) is 30.5 Å². The fourth-order valence-corrected chi connectivity index (χ4v) is 5.48. The van der Waals surface area contributed by atoms with Gasteiger partial charge in [-0.05, 0) is 67.9 Å². The molecule has 3 nitrogen and oxygen atoms in total. The van der Waals surface area contributed by atoms with Gasteiger partial charge in [0, 0.05) is 15.8 Å². The van der Waals surface area contributed by atoms with Crippen LogP contribution in [0.5, 0.6) is 11.5 Å². The van der Waals surface area contributed by atoms with Gasteiger partial charge in [-0.15, -0.1) is 23.5 Å². The first-order chi connectivity index (χ1) is 11.8. The van der Waals surface area contributed by atoms with Gasteiger partial charge in [0.05, 0.1) is 18.8 Å². The first-order valence-corrected chi connectivity index (χ1v) is 9.89. The van der Waals surface area contributed by atoms with Gasteiger partial charge in [-0.2, -0.15) is 0 Å². The summed E-state index contributed by atoms with van der Waals surface area (Å²) in [6.07, 6.45) is 2.49. The van der Waals surface area contributed by atoms with Crippen molar-refractivity contribution in [1.82, 2.24) is 5.32 Å². The molecule has 1 fully saturated rings. The van der Waals surface area contributed by atoms with E-state index in [9.17, 15) is 0 Å². The van der Waals surface area contributed by atoms with Crippen LogP contribution in [-0.4, -0.2) is 31.4 Å². The maximum absolute atomic E-state index is 5.25. The van der Waals surface area contributed by atoms with Crippen LogP contribution in [0.2, 0.25) is 0 Å². The van der Waals surface area contributed by atoms with Crippen molar-refractivity contribution in [3.05, 3.63) is 48.5 Å². The Morgan fingerprint density at radius 2 is 1.38 bits per heavy atom. The molecular weight excluding hydrogens is 338 g/mol. The molecule has 1 heterocycles. The van der Waals surface area contributed by atoms with Gasteiger partial charge < -0.3 is 14.8 Å². The maximum atomic E-state index is 5.25. The van der Waals surface area contributed by atoms with Crippen molar-refractivity contribution < 1.29 is 9.47 Å². The van der Waals surface area contributed by atoms with Crippen LogP contribution in [0.1, 0.15) is 12.8 Å². The molecule has 0 bridgehead atoms. The fourth-order valence-electron chi connectivity index (χ4n) is 2.71. The lowest BCUT2D eigenvalue weighted by Gasteiger charge is -2.23. The summed E-state index contributed by atoms with van der Waals surface area (Å²) in [7, 11) is 3.40. The molecule has 1 aliphatic heterocycles. The summed E-state index contributed by atoms with van der Waals surface area (Å²) in [4.78, 5) is 2.55. The third-order valence-corrected chi connectivity index (χ3v) is 6.84. The average molecular weight is 362 g/mol. The highest BCUT2D eigenvalue weighted by atomic mass is 32.2. The molecule has 0 saturated carbocycles. The van der Waals surface area contributed by atoms with Crippen LogP contribution in [0.4, 0.5) is 0 Å². The van der Waals surface area contributed by atoms with Crippen LogP contribution in [0.15, 0.2) is 58.3 Å². The van der Waals surface area contributed by atoms with E-state index < -0.39 is 0 Å². The Bertz CT molecular complexity index is 575. The molecule has 5 heteroatoms. The molecule has 24 heavy (non-hydrogen) atoms. The first kappa shape index (κ1) is 17.5. The van der Waals surface area contributed by atoms with E-state index in [2.05, 4.69) is 29.6 Å². The summed E-state index contributed by atoms with van der Waals surface area (Å²) >= 11 is 3.85. The molecule has 0 spiro atoms. The van der Waals surface area contributed by atoms with E-state index in [1.165, 1.54) is 22.6 Å². The average Bonchev–Trinajstić information content (AvgIpc) is 3.17. The molecule has 0 amide bonds. The van der Waals surface area contributed by atoms with Crippen molar-refractivity contribution in [3.63, 3.8) is 0 Å². The summed E-state index contributed by atoms with van der Waals surface area (Å²) in [6, 6.07) is 17.2. The molecule has 3 rings (SSSR count). The van der Waals surface area contributed by atoms with Crippen molar-refractivity contribution in [2.75, 3.05) is 20.8 Å². The normalized spacial score (nSPS) is 17.2. The van der Waals surface area contributed by atoms with Crippen molar-refractivity contribution in [2.45, 2.75) is 33.3 Å². The number of methoxy groups -OCH3 is 2. The monoisotopic (exact) mass is 361 g/mol. The third kappa shape index (κ3) is 4.62. The van der Waals surface area contributed by atoms with E-state index in [1.807, 2.05) is 47.8 Å². The highest BCUT2D eigenvalue weighted by Gasteiger charge is 2.26. The van der Waals surface area contributed by atoms with E-state index in [0.29, 0.717) is 10.6 Å². The maximum Gasteiger partial charge on any atom is 0.118 e. The van der Waals surface area contributed by atoms with E-state index >= 15 is 0 Å². The van der Waals surface area contributed by atoms with Gasteiger partial charge >= 0.3 is 0 Å². The molecule has 1 saturated heterocycles. The van der Waals surface area contributed by atoms with Gasteiger partial charge in [0.15, 0.2) is 0 Å². The van der Waals surface area contributed by atoms with Crippen LogP contribution in [0.3, 0.4) is 0 Å². The molecule has 0 aliphatic carbocycles. The van der Waals surface area contributed by atoms with Gasteiger partial charge in [-0.25, -0.2) is 0 Å². The van der Waals surface area contributed by atoms with Gasteiger partial charge in [0.1, 0.15) is 11.5 Å². The SMILES string of the molecule is COc1ccc(SC(Sc2ccc(OC)cc2)[C@@H]2CCCN2)cc1. The molecule has 0 unspecified atom stereocenters. The van der Waals surface area contributed by atoms with Crippen molar-refractivity contribution in [2.24, 2.45) is 0 Å². The van der Waals surface area contributed by atoms with E-state index in [-0.39, 0.29) is 0 Å². The standard InChI is InChI=1S/C19H23NO2S2/c1-21-14-5-9-16(10-6-14)23-19(18-4-3-13-20-18)24-17-11-7-15(22-2)8-12-17/h5-12,18-20H,3-4,13H2,1-2H3/t18-/m0/s1. The zero-order valence-electron chi connectivity index (χ0n) is 14.0. The van der Waals surface area contributed by atoms with Crippen LogP contribution >= 0.6 is 23.5 Å². The molecule has 0 aromatic heterocycles. The minimum absolute atomic E-state index is 0.439. The van der Waals surface area contributed by atoms with E-state index in [1.54, 1.807) is 14.2 Å². The van der Waals surface area contributed by atoms with Gasteiger partial charge in [-0.3, -0.25) is 0 Å². The Labute approximate surface area is 152 Å². The number of nitrogens with one attached hydrogen (secondary N) is 1. The van der Waals surface area contributed by atoms with Crippen molar-refractivity contribution in [3.8, 4) is 11.5 Å². The van der Waals surface area contributed by atoms with Crippen LogP contribution in [0.25, 0.3) is 0 Å². The molecule has 1 aliphatic rings. The third-order valence-electron chi connectivity index (χ3n) is 4.05. The molecule has 2 aromatic rings. The summed E-state index contributed by atoms with van der Waals surface area (Å²) in [5.74, 6) is 1.80. The second-order valence-electron chi connectivity index (χ2n) is 5.66.